The summed E-state index contributed by atoms with van der Waals surface area (Å²) in [4.78, 5) is 49.5. The van der Waals surface area contributed by atoms with Gasteiger partial charge in [-0.2, -0.15) is 0 Å². The number of likely N-dealkylation sites (tertiary alicyclic amines) is 1. The fraction of sp³-hybridized carbons (Fsp3) is 0.306. The van der Waals surface area contributed by atoms with Crippen molar-refractivity contribution in [1.29, 1.82) is 0 Å². The minimum atomic E-state index is -0.999. The van der Waals surface area contributed by atoms with Gasteiger partial charge in [0.15, 0.2) is 0 Å². The quantitative estimate of drug-likeness (QED) is 0.416. The number of hydrogen-bond donors (Lipinski definition) is 1. The third-order valence-corrected chi connectivity index (χ3v) is 11.4. The molecule has 7 nitrogen and oxygen atoms in total. The second kappa shape index (κ2) is 11.1. The van der Waals surface area contributed by atoms with Crippen molar-refractivity contribution < 1.29 is 19.5 Å². The van der Waals surface area contributed by atoms with Gasteiger partial charge in [-0.25, -0.2) is 0 Å². The van der Waals surface area contributed by atoms with E-state index in [1.165, 1.54) is 0 Å². The molecule has 2 saturated heterocycles. The molecule has 8 heteroatoms. The van der Waals surface area contributed by atoms with E-state index in [9.17, 15) is 19.5 Å². The number of para-hydroxylation sites is 1. The van der Waals surface area contributed by atoms with Crippen molar-refractivity contribution in [2.24, 2.45) is 11.8 Å². The molecule has 2 fully saturated rings. The summed E-state index contributed by atoms with van der Waals surface area (Å²) in [6.07, 6.45) is 8.10. The SMILES string of the molecule is C[C@]12C=CCN(c3ccccc3)C(=O)[C@H]1[C@H]1C(=O)N([C@H](CO)c3ccccc3)C3C(=O)N(Cc4ccccc4)CC=C[C@@]31S2. The Kier molecular flexibility index (Phi) is 7.22. The van der Waals surface area contributed by atoms with E-state index < -0.39 is 33.4 Å². The number of amides is 3. The Morgan fingerprint density at radius 2 is 1.43 bits per heavy atom. The number of fused-ring (bicyclic) bond motifs is 2. The van der Waals surface area contributed by atoms with Gasteiger partial charge in [-0.3, -0.25) is 14.4 Å². The third-order valence-electron chi connectivity index (χ3n) is 9.56. The van der Waals surface area contributed by atoms with Gasteiger partial charge in [-0.05, 0) is 30.2 Å². The Labute approximate surface area is 261 Å². The van der Waals surface area contributed by atoms with E-state index in [2.05, 4.69) is 6.08 Å². The summed E-state index contributed by atoms with van der Waals surface area (Å²) in [6.45, 7) is 2.86. The van der Waals surface area contributed by atoms with Gasteiger partial charge in [-0.1, -0.05) is 103 Å². The number of carbonyl (C=O) groups excluding carboxylic acids is 3. The maximum Gasteiger partial charge on any atom is 0.247 e. The Morgan fingerprint density at radius 1 is 0.795 bits per heavy atom. The van der Waals surface area contributed by atoms with E-state index in [1.54, 1.807) is 26.5 Å². The molecule has 0 saturated carbocycles. The molecule has 3 aromatic rings. The fourth-order valence-electron chi connectivity index (χ4n) is 7.66. The predicted molar refractivity (Wildman–Crippen MR) is 172 cm³/mol. The van der Waals surface area contributed by atoms with E-state index in [1.807, 2.05) is 116 Å². The summed E-state index contributed by atoms with van der Waals surface area (Å²) in [6, 6.07) is 27.1. The Balaban J connectivity index is 1.37. The Morgan fingerprint density at radius 3 is 2.11 bits per heavy atom. The largest absolute Gasteiger partial charge is 0.394 e. The van der Waals surface area contributed by atoms with Crippen LogP contribution in [-0.2, 0) is 20.9 Å². The first-order valence-electron chi connectivity index (χ1n) is 15.1. The van der Waals surface area contributed by atoms with Crippen LogP contribution in [0.25, 0.3) is 0 Å². The van der Waals surface area contributed by atoms with Gasteiger partial charge in [0.2, 0.25) is 17.7 Å². The fourth-order valence-corrected chi connectivity index (χ4v) is 9.80. The van der Waals surface area contributed by atoms with Crippen molar-refractivity contribution >= 4 is 35.2 Å². The summed E-state index contributed by atoms with van der Waals surface area (Å²) in [7, 11) is 0. The van der Waals surface area contributed by atoms with Gasteiger partial charge < -0.3 is 19.8 Å². The summed E-state index contributed by atoms with van der Waals surface area (Å²) in [5, 5.41) is 10.8. The monoisotopic (exact) mass is 605 g/mol. The highest BCUT2D eigenvalue weighted by Crippen LogP contribution is 2.66. The van der Waals surface area contributed by atoms with Crippen LogP contribution in [0, 0.1) is 11.8 Å². The highest BCUT2D eigenvalue weighted by Gasteiger charge is 2.74. The molecule has 6 atom stereocenters. The molecule has 4 heterocycles. The Bertz CT molecular complexity index is 1630. The first-order valence-corrected chi connectivity index (χ1v) is 15.9. The van der Waals surface area contributed by atoms with Gasteiger partial charge in [0.25, 0.3) is 0 Å². The van der Waals surface area contributed by atoms with E-state index >= 15 is 0 Å². The molecular weight excluding hydrogens is 570 g/mol. The molecule has 0 bridgehead atoms. The van der Waals surface area contributed by atoms with Crippen molar-refractivity contribution in [3.05, 3.63) is 126 Å². The predicted octanol–water partition coefficient (Wildman–Crippen LogP) is 4.61. The molecule has 1 spiro atoms. The molecule has 4 aliphatic heterocycles. The number of hydrogen-bond acceptors (Lipinski definition) is 5. The number of carbonyl (C=O) groups is 3. The molecule has 0 aliphatic carbocycles. The van der Waals surface area contributed by atoms with Crippen molar-refractivity contribution in [3.63, 3.8) is 0 Å². The molecule has 224 valence electrons. The van der Waals surface area contributed by atoms with Crippen molar-refractivity contribution in [2.45, 2.75) is 35.0 Å². The first kappa shape index (κ1) is 28.6. The lowest BCUT2D eigenvalue weighted by atomic mass is 9.74. The molecular formula is C36H35N3O4S. The van der Waals surface area contributed by atoms with Crippen LogP contribution in [0.5, 0.6) is 0 Å². The average molecular weight is 606 g/mol. The van der Waals surface area contributed by atoms with Crippen LogP contribution in [-0.4, -0.2) is 67.9 Å². The lowest BCUT2D eigenvalue weighted by molar-refractivity contribution is -0.146. The number of anilines is 1. The minimum Gasteiger partial charge on any atom is -0.394 e. The molecule has 0 radical (unpaired) electrons. The molecule has 7 rings (SSSR count). The summed E-state index contributed by atoms with van der Waals surface area (Å²) < 4.78 is -1.72. The summed E-state index contributed by atoms with van der Waals surface area (Å²) in [5.74, 6) is -2.07. The van der Waals surface area contributed by atoms with Crippen LogP contribution in [0.15, 0.2) is 115 Å². The highest BCUT2D eigenvalue weighted by atomic mass is 32.2. The number of aliphatic hydroxyl groups excluding tert-OH is 1. The number of nitrogens with zero attached hydrogens (tertiary/aromatic N) is 3. The molecule has 3 amide bonds. The van der Waals surface area contributed by atoms with Crippen LogP contribution in [0.3, 0.4) is 0 Å². The average Bonchev–Trinajstić information content (AvgIpc) is 3.32. The van der Waals surface area contributed by atoms with Gasteiger partial charge >= 0.3 is 0 Å². The smallest absolute Gasteiger partial charge is 0.247 e. The summed E-state index contributed by atoms with van der Waals surface area (Å²) in [5.41, 5.74) is 2.52. The van der Waals surface area contributed by atoms with Crippen LogP contribution < -0.4 is 4.90 Å². The number of aliphatic hydroxyl groups is 1. The number of thioether (sulfide) groups is 1. The lowest BCUT2D eigenvalue weighted by Gasteiger charge is -2.40. The van der Waals surface area contributed by atoms with Crippen LogP contribution in [0.2, 0.25) is 0 Å². The zero-order valence-corrected chi connectivity index (χ0v) is 25.3. The summed E-state index contributed by atoms with van der Waals surface area (Å²) >= 11 is 1.56. The zero-order chi connectivity index (χ0) is 30.5. The second-order valence-corrected chi connectivity index (χ2v) is 13.9. The van der Waals surface area contributed by atoms with E-state index in [-0.39, 0.29) is 24.3 Å². The van der Waals surface area contributed by atoms with Crippen LogP contribution >= 0.6 is 11.8 Å². The molecule has 0 aromatic heterocycles. The molecule has 3 aromatic carbocycles. The number of rotatable bonds is 6. The standard InChI is InChI=1S/C36H35N3O4S/c1-35-19-11-22-38(27-17-9-4-10-18-27)32(41)29(35)30-33(42)39(28(24-40)26-15-7-3-8-16-26)31-34(43)37(21-12-20-36(30,31)44-35)23-25-13-5-2-6-14-25/h2-20,28-31,40H,21-24H2,1H3/t28-,29-,30+,31?,35+,36+/m1/s1. The molecule has 44 heavy (non-hydrogen) atoms. The van der Waals surface area contributed by atoms with Crippen LogP contribution in [0.1, 0.15) is 24.1 Å². The van der Waals surface area contributed by atoms with E-state index in [0.717, 1.165) is 16.8 Å². The van der Waals surface area contributed by atoms with Gasteiger partial charge in [0.05, 0.1) is 29.2 Å². The molecule has 1 N–H and O–H groups in total. The van der Waals surface area contributed by atoms with Crippen molar-refractivity contribution in [1.82, 2.24) is 9.80 Å². The molecule has 4 aliphatic rings. The highest BCUT2D eigenvalue weighted by molar-refractivity contribution is 8.02. The van der Waals surface area contributed by atoms with E-state index in [4.69, 9.17) is 0 Å². The minimum absolute atomic E-state index is 0.126. The van der Waals surface area contributed by atoms with Gasteiger partial charge in [-0.15, -0.1) is 11.8 Å². The van der Waals surface area contributed by atoms with Crippen molar-refractivity contribution in [3.8, 4) is 0 Å². The van der Waals surface area contributed by atoms with E-state index in [0.29, 0.717) is 19.6 Å². The van der Waals surface area contributed by atoms with Gasteiger partial charge in [0, 0.05) is 30.1 Å². The Hall–Kier alpha value is -4.14. The van der Waals surface area contributed by atoms with Gasteiger partial charge in [0.1, 0.15) is 6.04 Å². The lowest BCUT2D eigenvalue weighted by Crippen LogP contribution is -2.54. The van der Waals surface area contributed by atoms with Crippen LogP contribution in [0.4, 0.5) is 5.69 Å². The topological polar surface area (TPSA) is 81.2 Å². The maximum atomic E-state index is 14.9. The van der Waals surface area contributed by atoms with Crippen molar-refractivity contribution in [2.75, 3.05) is 24.6 Å². The normalized spacial score (nSPS) is 30.1. The zero-order valence-electron chi connectivity index (χ0n) is 24.5. The molecule has 1 unspecified atom stereocenters. The number of benzene rings is 3. The maximum absolute atomic E-state index is 14.9. The first-order chi connectivity index (χ1) is 21.4. The third kappa shape index (κ3) is 4.42. The second-order valence-electron chi connectivity index (χ2n) is 12.1.